The van der Waals surface area contributed by atoms with Crippen molar-refractivity contribution in [2.45, 2.75) is 6.17 Å². The van der Waals surface area contributed by atoms with Crippen molar-refractivity contribution in [2.24, 2.45) is 0 Å². The molecule has 0 spiro atoms. The highest BCUT2D eigenvalue weighted by Crippen LogP contribution is 2.30. The summed E-state index contributed by atoms with van der Waals surface area (Å²) in [7, 11) is 0. The first-order valence-electron chi connectivity index (χ1n) is 7.67. The number of thiophene rings is 1. The number of hydrogen-bond donors (Lipinski definition) is 3. The summed E-state index contributed by atoms with van der Waals surface area (Å²) in [6.45, 7) is 0. The molecule has 3 aromatic rings. The number of nitrogens with one attached hydrogen (secondary N) is 1. The number of aliphatic carboxylic acids is 1. The quantitative estimate of drug-likeness (QED) is 0.582. The number of carbonyl (C=O) groups excluding carboxylic acids is 1. The van der Waals surface area contributed by atoms with Crippen molar-refractivity contribution in [3.63, 3.8) is 0 Å². The average Bonchev–Trinajstić information content (AvgIpc) is 3.17. The van der Waals surface area contributed by atoms with Gasteiger partial charge in [0.2, 0.25) is 6.17 Å². The predicted molar refractivity (Wildman–Crippen MR) is 100 cm³/mol. The summed E-state index contributed by atoms with van der Waals surface area (Å²) in [6.07, 6.45) is -2.12. The smallest absolute Gasteiger partial charge is 0.343 e. The first-order chi connectivity index (χ1) is 12.5. The standard InChI is InChI=1S/C19H15FN2O3S/c20-17(19(24)25)11-3-5-12(6-4-11)18(23)22-15-10-13(7-8-14(15)21)16-2-1-9-26-16/h1-10,17H,21H2,(H,22,23)(H,24,25). The molecular weight excluding hydrogens is 355 g/mol. The van der Waals surface area contributed by atoms with E-state index in [0.717, 1.165) is 10.4 Å². The molecule has 132 valence electrons. The Morgan fingerprint density at radius 1 is 1.12 bits per heavy atom. The van der Waals surface area contributed by atoms with Crippen molar-refractivity contribution in [3.8, 4) is 10.4 Å². The Morgan fingerprint density at radius 2 is 1.85 bits per heavy atom. The fourth-order valence-corrected chi connectivity index (χ4v) is 3.13. The summed E-state index contributed by atoms with van der Waals surface area (Å²) in [5, 5.41) is 13.4. The van der Waals surface area contributed by atoms with Crippen molar-refractivity contribution in [1.82, 2.24) is 0 Å². The van der Waals surface area contributed by atoms with Gasteiger partial charge in [0.1, 0.15) is 0 Å². The van der Waals surface area contributed by atoms with Crippen molar-refractivity contribution < 1.29 is 19.1 Å². The van der Waals surface area contributed by atoms with Gasteiger partial charge in [0.05, 0.1) is 11.4 Å². The number of carboxylic acid groups (broad SMARTS) is 1. The normalized spacial score (nSPS) is 11.7. The predicted octanol–water partition coefficient (Wildman–Crippen LogP) is 4.34. The number of hydrogen-bond acceptors (Lipinski definition) is 4. The zero-order valence-electron chi connectivity index (χ0n) is 13.5. The maximum atomic E-state index is 13.5. The van der Waals surface area contributed by atoms with Crippen molar-refractivity contribution in [2.75, 3.05) is 11.1 Å². The molecule has 0 saturated heterocycles. The maximum absolute atomic E-state index is 13.5. The second-order valence-corrected chi connectivity index (χ2v) is 6.50. The molecule has 0 bridgehead atoms. The fraction of sp³-hybridized carbons (Fsp3) is 0.0526. The molecule has 0 saturated carbocycles. The zero-order chi connectivity index (χ0) is 18.7. The van der Waals surface area contributed by atoms with Gasteiger partial charge in [-0.1, -0.05) is 24.3 Å². The summed E-state index contributed by atoms with van der Waals surface area (Å²) >= 11 is 1.58. The maximum Gasteiger partial charge on any atom is 0.343 e. The number of nitrogen functional groups attached to an aromatic ring is 1. The van der Waals surface area contributed by atoms with Crippen LogP contribution in [0.25, 0.3) is 10.4 Å². The van der Waals surface area contributed by atoms with Crippen molar-refractivity contribution in [1.29, 1.82) is 0 Å². The molecule has 1 atom stereocenters. The van der Waals surface area contributed by atoms with Gasteiger partial charge in [-0.05, 0) is 46.8 Å². The van der Waals surface area contributed by atoms with Crippen molar-refractivity contribution in [3.05, 3.63) is 71.1 Å². The van der Waals surface area contributed by atoms with Crippen LogP contribution in [-0.4, -0.2) is 17.0 Å². The second kappa shape index (κ2) is 7.37. The molecule has 7 heteroatoms. The van der Waals surface area contributed by atoms with Gasteiger partial charge in [0.15, 0.2) is 0 Å². The van der Waals surface area contributed by atoms with E-state index in [9.17, 15) is 14.0 Å². The van der Waals surface area contributed by atoms with E-state index in [4.69, 9.17) is 10.8 Å². The Morgan fingerprint density at radius 3 is 2.46 bits per heavy atom. The summed E-state index contributed by atoms with van der Waals surface area (Å²) < 4.78 is 13.5. The van der Waals surface area contributed by atoms with Gasteiger partial charge < -0.3 is 16.2 Å². The number of carbonyl (C=O) groups is 2. The number of carboxylic acids is 1. The lowest BCUT2D eigenvalue weighted by molar-refractivity contribution is -0.143. The van der Waals surface area contributed by atoms with Gasteiger partial charge >= 0.3 is 5.97 Å². The Hall–Kier alpha value is -3.19. The molecule has 3 rings (SSSR count). The molecule has 0 aliphatic rings. The number of nitrogens with two attached hydrogens (primary N) is 1. The number of alkyl halides is 1. The molecule has 5 nitrogen and oxygen atoms in total. The van der Waals surface area contributed by atoms with E-state index in [2.05, 4.69) is 5.32 Å². The van der Waals surface area contributed by atoms with Crippen LogP contribution in [0.1, 0.15) is 22.1 Å². The Kier molecular flexibility index (Phi) is 4.99. The summed E-state index contributed by atoms with van der Waals surface area (Å²) in [5.74, 6) is -1.99. The van der Waals surface area contributed by atoms with Gasteiger partial charge in [-0.25, -0.2) is 9.18 Å². The van der Waals surface area contributed by atoms with Crippen LogP contribution in [0.2, 0.25) is 0 Å². The molecule has 0 radical (unpaired) electrons. The summed E-state index contributed by atoms with van der Waals surface area (Å²) in [5.41, 5.74) is 8.02. The average molecular weight is 370 g/mol. The first kappa shape index (κ1) is 17.6. The van der Waals surface area contributed by atoms with Crippen LogP contribution in [0.4, 0.5) is 15.8 Å². The number of rotatable bonds is 5. The Bertz CT molecular complexity index is 940. The third kappa shape index (κ3) is 3.73. The molecule has 1 amide bonds. The topological polar surface area (TPSA) is 92.4 Å². The SMILES string of the molecule is Nc1ccc(-c2cccs2)cc1NC(=O)c1ccc(C(F)C(=O)O)cc1. The third-order valence-electron chi connectivity index (χ3n) is 3.79. The summed E-state index contributed by atoms with van der Waals surface area (Å²) in [6, 6.07) is 14.6. The molecule has 1 unspecified atom stereocenters. The third-order valence-corrected chi connectivity index (χ3v) is 4.71. The molecule has 0 aliphatic carbocycles. The van der Waals surface area contributed by atoms with Gasteiger partial charge in [-0.15, -0.1) is 11.3 Å². The largest absolute Gasteiger partial charge is 0.479 e. The van der Waals surface area contributed by atoms with Crippen LogP contribution < -0.4 is 11.1 Å². The van der Waals surface area contributed by atoms with Gasteiger partial charge in [0.25, 0.3) is 5.91 Å². The van der Waals surface area contributed by atoms with E-state index in [1.165, 1.54) is 24.3 Å². The van der Waals surface area contributed by atoms with Crippen LogP contribution in [0.5, 0.6) is 0 Å². The molecule has 0 fully saturated rings. The van der Waals surface area contributed by atoms with Crippen LogP contribution in [0.15, 0.2) is 60.0 Å². The lowest BCUT2D eigenvalue weighted by Crippen LogP contribution is -2.13. The van der Waals surface area contributed by atoms with Gasteiger partial charge in [-0.3, -0.25) is 4.79 Å². The van der Waals surface area contributed by atoms with Crippen LogP contribution in [0, 0.1) is 0 Å². The molecule has 2 aromatic carbocycles. The Labute approximate surface area is 152 Å². The highest BCUT2D eigenvalue weighted by atomic mass is 32.1. The van der Waals surface area contributed by atoms with Crippen LogP contribution in [0.3, 0.4) is 0 Å². The minimum absolute atomic E-state index is 0.0201. The van der Waals surface area contributed by atoms with Gasteiger partial charge in [0, 0.05) is 10.4 Å². The minimum atomic E-state index is -2.12. The minimum Gasteiger partial charge on any atom is -0.479 e. The number of amides is 1. The molecule has 1 aromatic heterocycles. The van der Waals surface area contributed by atoms with E-state index in [0.29, 0.717) is 11.4 Å². The number of benzene rings is 2. The molecule has 1 heterocycles. The van der Waals surface area contributed by atoms with E-state index >= 15 is 0 Å². The zero-order valence-corrected chi connectivity index (χ0v) is 14.3. The molecular formula is C19H15FN2O3S. The monoisotopic (exact) mass is 370 g/mol. The molecule has 0 aliphatic heterocycles. The fourth-order valence-electron chi connectivity index (χ4n) is 2.40. The second-order valence-electron chi connectivity index (χ2n) is 5.56. The summed E-state index contributed by atoms with van der Waals surface area (Å²) in [4.78, 5) is 24.1. The lowest BCUT2D eigenvalue weighted by atomic mass is 10.1. The molecule has 4 N–H and O–H groups in total. The van der Waals surface area contributed by atoms with Gasteiger partial charge in [-0.2, -0.15) is 0 Å². The lowest BCUT2D eigenvalue weighted by Gasteiger charge is -2.11. The van der Waals surface area contributed by atoms with Crippen molar-refractivity contribution >= 4 is 34.6 Å². The first-order valence-corrected chi connectivity index (χ1v) is 8.55. The van der Waals surface area contributed by atoms with E-state index in [1.807, 2.05) is 23.6 Å². The molecule has 26 heavy (non-hydrogen) atoms. The van der Waals surface area contributed by atoms with Crippen LogP contribution >= 0.6 is 11.3 Å². The Balaban J connectivity index is 1.79. The van der Waals surface area contributed by atoms with Crippen LogP contribution in [-0.2, 0) is 4.79 Å². The van der Waals surface area contributed by atoms with E-state index < -0.39 is 18.0 Å². The number of halogens is 1. The number of anilines is 2. The highest BCUT2D eigenvalue weighted by Gasteiger charge is 2.18. The highest BCUT2D eigenvalue weighted by molar-refractivity contribution is 7.13. The van der Waals surface area contributed by atoms with E-state index in [-0.39, 0.29) is 11.1 Å². The van der Waals surface area contributed by atoms with E-state index in [1.54, 1.807) is 23.5 Å².